The maximum absolute atomic E-state index is 13.4. The minimum Gasteiger partial charge on any atom is -0.253 e. The number of hydrogen-bond acceptors (Lipinski definition) is 4. The van der Waals surface area contributed by atoms with Crippen LogP contribution in [-0.2, 0) is 0 Å². The number of hydrogen-bond donors (Lipinski definition) is 1. The third-order valence-electron chi connectivity index (χ3n) is 1.94. The highest BCUT2D eigenvalue weighted by atomic mass is 127. The first-order valence-electron chi connectivity index (χ1n) is 4.81. The average Bonchev–Trinajstić information content (AvgIpc) is 2.69. The van der Waals surface area contributed by atoms with E-state index in [-0.39, 0.29) is 5.82 Å². The minimum atomic E-state index is -0.286. The van der Waals surface area contributed by atoms with E-state index in [0.29, 0.717) is 10.7 Å². The fourth-order valence-electron chi connectivity index (χ4n) is 1.18. The number of thiazole rings is 1. The van der Waals surface area contributed by atoms with Gasteiger partial charge < -0.3 is 0 Å². The van der Waals surface area contributed by atoms with E-state index in [1.165, 1.54) is 23.6 Å². The van der Waals surface area contributed by atoms with Crippen LogP contribution in [0.3, 0.4) is 0 Å². The molecule has 2 rings (SSSR count). The standard InChI is InChI=1S/C11H9FIN3S/c1-7-6-17-11(15-7)16-14-5-8-4-9(13)2-3-10(8)12/h2-6H,1H3,(H,15,16). The molecule has 0 aliphatic carbocycles. The lowest BCUT2D eigenvalue weighted by Crippen LogP contribution is -1.93. The lowest BCUT2D eigenvalue weighted by molar-refractivity contribution is 0.625. The molecule has 0 radical (unpaired) electrons. The van der Waals surface area contributed by atoms with Crippen molar-refractivity contribution < 1.29 is 4.39 Å². The van der Waals surface area contributed by atoms with E-state index in [9.17, 15) is 4.39 Å². The van der Waals surface area contributed by atoms with Crippen LogP contribution in [0.25, 0.3) is 0 Å². The first kappa shape index (κ1) is 12.4. The van der Waals surface area contributed by atoms with Crippen molar-refractivity contribution in [1.82, 2.24) is 4.98 Å². The van der Waals surface area contributed by atoms with Gasteiger partial charge in [0.05, 0.1) is 11.9 Å². The third kappa shape index (κ3) is 3.47. The van der Waals surface area contributed by atoms with Crippen LogP contribution >= 0.6 is 33.9 Å². The molecule has 0 unspecified atom stereocenters. The Morgan fingerprint density at radius 3 is 3.06 bits per heavy atom. The number of nitrogens with zero attached hydrogens (tertiary/aromatic N) is 2. The van der Waals surface area contributed by atoms with Crippen molar-refractivity contribution in [3.05, 3.63) is 44.2 Å². The average molecular weight is 361 g/mol. The molecule has 88 valence electrons. The Hall–Kier alpha value is -1.02. The lowest BCUT2D eigenvalue weighted by Gasteiger charge is -1.97. The van der Waals surface area contributed by atoms with Crippen molar-refractivity contribution in [2.24, 2.45) is 5.10 Å². The van der Waals surface area contributed by atoms with Gasteiger partial charge in [-0.15, -0.1) is 11.3 Å². The Morgan fingerprint density at radius 2 is 2.35 bits per heavy atom. The van der Waals surface area contributed by atoms with E-state index in [2.05, 4.69) is 38.1 Å². The van der Waals surface area contributed by atoms with E-state index in [1.807, 2.05) is 12.3 Å². The molecule has 1 N–H and O–H groups in total. The van der Waals surface area contributed by atoms with Crippen LogP contribution in [0.5, 0.6) is 0 Å². The maximum atomic E-state index is 13.4. The number of anilines is 1. The van der Waals surface area contributed by atoms with E-state index in [4.69, 9.17) is 0 Å². The van der Waals surface area contributed by atoms with E-state index in [0.717, 1.165) is 9.26 Å². The van der Waals surface area contributed by atoms with Gasteiger partial charge in [-0.05, 0) is 47.7 Å². The molecule has 0 aliphatic heterocycles. The maximum Gasteiger partial charge on any atom is 0.203 e. The largest absolute Gasteiger partial charge is 0.253 e. The van der Waals surface area contributed by atoms with E-state index in [1.54, 1.807) is 12.1 Å². The normalized spacial score (nSPS) is 11.0. The van der Waals surface area contributed by atoms with Crippen LogP contribution in [0.4, 0.5) is 9.52 Å². The third-order valence-corrected chi connectivity index (χ3v) is 3.48. The summed E-state index contributed by atoms with van der Waals surface area (Å²) in [6, 6.07) is 4.87. The summed E-state index contributed by atoms with van der Waals surface area (Å²) in [4.78, 5) is 4.18. The second-order valence-electron chi connectivity index (χ2n) is 3.33. The molecule has 1 heterocycles. The van der Waals surface area contributed by atoms with Crippen LogP contribution < -0.4 is 5.43 Å². The molecule has 1 aromatic carbocycles. The van der Waals surface area contributed by atoms with Crippen LogP contribution in [0.15, 0.2) is 28.7 Å². The van der Waals surface area contributed by atoms with Crippen molar-refractivity contribution in [3.63, 3.8) is 0 Å². The van der Waals surface area contributed by atoms with Crippen molar-refractivity contribution in [2.45, 2.75) is 6.92 Å². The number of halogens is 2. The summed E-state index contributed by atoms with van der Waals surface area (Å²) in [6.45, 7) is 1.91. The Morgan fingerprint density at radius 1 is 1.53 bits per heavy atom. The number of hydrazone groups is 1. The second-order valence-corrected chi connectivity index (χ2v) is 5.43. The summed E-state index contributed by atoms with van der Waals surface area (Å²) in [5.41, 5.74) is 4.16. The van der Waals surface area contributed by atoms with Crippen molar-refractivity contribution in [2.75, 3.05) is 5.43 Å². The second kappa shape index (κ2) is 5.54. The van der Waals surface area contributed by atoms with E-state index < -0.39 is 0 Å². The van der Waals surface area contributed by atoms with Crippen molar-refractivity contribution in [1.29, 1.82) is 0 Å². The summed E-state index contributed by atoms with van der Waals surface area (Å²) >= 11 is 3.59. The number of benzene rings is 1. The van der Waals surface area contributed by atoms with Gasteiger partial charge in [0, 0.05) is 14.5 Å². The minimum absolute atomic E-state index is 0.286. The first-order chi connectivity index (χ1) is 8.15. The van der Waals surface area contributed by atoms with Gasteiger partial charge in [-0.25, -0.2) is 9.37 Å². The quantitative estimate of drug-likeness (QED) is 0.515. The van der Waals surface area contributed by atoms with Crippen LogP contribution in [0.2, 0.25) is 0 Å². The topological polar surface area (TPSA) is 37.3 Å². The number of rotatable bonds is 3. The highest BCUT2D eigenvalue weighted by Gasteiger charge is 2.00. The van der Waals surface area contributed by atoms with Gasteiger partial charge in [0.25, 0.3) is 0 Å². The number of nitrogens with one attached hydrogen (secondary N) is 1. The summed E-state index contributed by atoms with van der Waals surface area (Å²) in [5.74, 6) is -0.286. The van der Waals surface area contributed by atoms with Gasteiger partial charge in [0.15, 0.2) is 0 Å². The Kier molecular flexibility index (Phi) is 4.06. The van der Waals surface area contributed by atoms with Gasteiger partial charge in [0.1, 0.15) is 5.82 Å². The molecule has 0 spiro atoms. The molecule has 0 atom stereocenters. The fraction of sp³-hybridized carbons (Fsp3) is 0.0909. The fourth-order valence-corrected chi connectivity index (χ4v) is 2.33. The molecular weight excluding hydrogens is 352 g/mol. The zero-order valence-electron chi connectivity index (χ0n) is 8.95. The zero-order valence-corrected chi connectivity index (χ0v) is 11.9. The lowest BCUT2D eigenvalue weighted by atomic mass is 10.2. The summed E-state index contributed by atoms with van der Waals surface area (Å²) in [5, 5.41) is 6.58. The highest BCUT2D eigenvalue weighted by molar-refractivity contribution is 14.1. The summed E-state index contributed by atoms with van der Waals surface area (Å²) < 4.78 is 14.3. The molecule has 0 amide bonds. The highest BCUT2D eigenvalue weighted by Crippen LogP contribution is 2.14. The van der Waals surface area contributed by atoms with Gasteiger partial charge >= 0.3 is 0 Å². The van der Waals surface area contributed by atoms with Gasteiger partial charge in [0.2, 0.25) is 5.13 Å². The molecule has 3 nitrogen and oxygen atoms in total. The Balaban J connectivity index is 2.07. The molecule has 0 saturated carbocycles. The summed E-state index contributed by atoms with van der Waals surface area (Å²) in [7, 11) is 0. The van der Waals surface area contributed by atoms with Crippen molar-refractivity contribution in [3.8, 4) is 0 Å². The molecule has 6 heteroatoms. The molecule has 0 aliphatic rings. The zero-order chi connectivity index (χ0) is 12.3. The van der Waals surface area contributed by atoms with Crippen LogP contribution in [0, 0.1) is 16.3 Å². The molecule has 1 aromatic heterocycles. The van der Waals surface area contributed by atoms with Gasteiger partial charge in [-0.3, -0.25) is 5.43 Å². The molecule has 0 bridgehead atoms. The smallest absolute Gasteiger partial charge is 0.203 e. The predicted octanol–water partition coefficient (Wildman–Crippen LogP) is 3.64. The van der Waals surface area contributed by atoms with Crippen LogP contribution in [0.1, 0.15) is 11.3 Å². The molecule has 0 fully saturated rings. The number of aromatic nitrogens is 1. The summed E-state index contributed by atoms with van der Waals surface area (Å²) in [6.07, 6.45) is 1.45. The Bertz CT molecular complexity index is 553. The Labute approximate surface area is 116 Å². The SMILES string of the molecule is Cc1csc(NN=Cc2cc(I)ccc2F)n1. The monoisotopic (exact) mass is 361 g/mol. The van der Waals surface area contributed by atoms with Gasteiger partial charge in [-0.2, -0.15) is 5.10 Å². The number of aryl methyl sites for hydroxylation is 1. The van der Waals surface area contributed by atoms with Gasteiger partial charge in [-0.1, -0.05) is 0 Å². The van der Waals surface area contributed by atoms with E-state index >= 15 is 0 Å². The van der Waals surface area contributed by atoms with Crippen LogP contribution in [-0.4, -0.2) is 11.2 Å². The first-order valence-corrected chi connectivity index (χ1v) is 6.77. The molecule has 0 saturated heterocycles. The molecule has 17 heavy (non-hydrogen) atoms. The molecule has 2 aromatic rings. The predicted molar refractivity (Wildman–Crippen MR) is 77.2 cm³/mol. The molecular formula is C11H9FIN3S. The van der Waals surface area contributed by atoms with Crippen molar-refractivity contribution >= 4 is 45.3 Å².